The first-order valence-electron chi connectivity index (χ1n) is 7.81. The van der Waals surface area contributed by atoms with Gasteiger partial charge in [-0.3, -0.25) is 19.8 Å². The second-order valence-electron chi connectivity index (χ2n) is 6.05. The normalized spacial score (nSPS) is 26.4. The quantitative estimate of drug-likeness (QED) is 0.670. The fourth-order valence-electron chi connectivity index (χ4n) is 3.41. The number of hydrogen-bond donors (Lipinski definition) is 1. The summed E-state index contributed by atoms with van der Waals surface area (Å²) in [6, 6.07) is 8.49. The van der Waals surface area contributed by atoms with E-state index in [4.69, 9.17) is 0 Å². The standard InChI is InChI=1S/C17H22N2O2/c1-19-16(20)11-10-15(17(19)21)18-14-9-5-3-7-12-6-2-4-8-13(12)14/h2,4,6,8,14-15,18H,3,5,7,9-11H2,1H3. The summed E-state index contributed by atoms with van der Waals surface area (Å²) >= 11 is 0. The lowest BCUT2D eigenvalue weighted by molar-refractivity contribution is -0.148. The Morgan fingerprint density at radius 2 is 1.86 bits per heavy atom. The average molecular weight is 286 g/mol. The number of amides is 2. The lowest BCUT2D eigenvalue weighted by Crippen LogP contribution is -2.52. The molecule has 1 saturated heterocycles. The Hall–Kier alpha value is -1.68. The van der Waals surface area contributed by atoms with Crippen LogP contribution < -0.4 is 5.32 Å². The first-order chi connectivity index (χ1) is 10.2. The van der Waals surface area contributed by atoms with Crippen molar-refractivity contribution in [3.63, 3.8) is 0 Å². The molecule has 1 N–H and O–H groups in total. The molecule has 1 fully saturated rings. The van der Waals surface area contributed by atoms with Crippen molar-refractivity contribution in [1.82, 2.24) is 10.2 Å². The second-order valence-corrected chi connectivity index (χ2v) is 6.05. The molecule has 0 radical (unpaired) electrons. The summed E-state index contributed by atoms with van der Waals surface area (Å²) in [6.45, 7) is 0. The zero-order chi connectivity index (χ0) is 14.8. The third kappa shape index (κ3) is 2.86. The Balaban J connectivity index is 1.78. The molecular weight excluding hydrogens is 264 g/mol. The van der Waals surface area contributed by atoms with Gasteiger partial charge in [-0.05, 0) is 36.8 Å². The first kappa shape index (κ1) is 14.3. The predicted octanol–water partition coefficient (Wildman–Crippen LogP) is 2.19. The minimum atomic E-state index is -0.233. The van der Waals surface area contributed by atoms with Gasteiger partial charge in [0.1, 0.15) is 0 Å². The Morgan fingerprint density at radius 1 is 1.05 bits per heavy atom. The van der Waals surface area contributed by atoms with Crippen LogP contribution in [0.4, 0.5) is 0 Å². The zero-order valence-electron chi connectivity index (χ0n) is 12.5. The number of carbonyl (C=O) groups is 2. The van der Waals surface area contributed by atoms with Gasteiger partial charge in [-0.2, -0.15) is 0 Å². The fourth-order valence-corrected chi connectivity index (χ4v) is 3.41. The van der Waals surface area contributed by atoms with E-state index in [0.29, 0.717) is 12.8 Å². The van der Waals surface area contributed by atoms with Crippen molar-refractivity contribution >= 4 is 11.8 Å². The highest BCUT2D eigenvalue weighted by atomic mass is 16.2. The Morgan fingerprint density at radius 3 is 2.71 bits per heavy atom. The van der Waals surface area contributed by atoms with Gasteiger partial charge in [0.25, 0.3) is 0 Å². The van der Waals surface area contributed by atoms with Crippen LogP contribution in [0, 0.1) is 0 Å². The monoisotopic (exact) mass is 286 g/mol. The van der Waals surface area contributed by atoms with Crippen LogP contribution >= 0.6 is 0 Å². The average Bonchev–Trinajstić information content (AvgIpc) is 2.70. The summed E-state index contributed by atoms with van der Waals surface area (Å²) in [5, 5.41) is 3.51. The number of likely N-dealkylation sites (tertiary alicyclic amines) is 1. The number of rotatable bonds is 2. The van der Waals surface area contributed by atoms with E-state index >= 15 is 0 Å². The molecule has 1 aliphatic carbocycles. The second kappa shape index (κ2) is 5.98. The number of benzene rings is 1. The Kier molecular flexibility index (Phi) is 4.06. The van der Waals surface area contributed by atoms with E-state index in [2.05, 4.69) is 29.6 Å². The minimum Gasteiger partial charge on any atom is -0.299 e. The van der Waals surface area contributed by atoms with E-state index in [9.17, 15) is 9.59 Å². The molecule has 0 spiro atoms. The van der Waals surface area contributed by atoms with Crippen LogP contribution in [-0.4, -0.2) is 29.8 Å². The Bertz CT molecular complexity index is 555. The molecule has 1 aromatic rings. The summed E-state index contributed by atoms with van der Waals surface area (Å²) in [5.41, 5.74) is 2.71. The lowest BCUT2D eigenvalue weighted by atomic mass is 9.96. The van der Waals surface area contributed by atoms with Crippen LogP contribution in [0.1, 0.15) is 49.3 Å². The van der Waals surface area contributed by atoms with Gasteiger partial charge in [0.15, 0.2) is 0 Å². The van der Waals surface area contributed by atoms with E-state index in [-0.39, 0.29) is 23.9 Å². The molecule has 2 unspecified atom stereocenters. The third-order valence-electron chi connectivity index (χ3n) is 4.67. The van der Waals surface area contributed by atoms with E-state index in [1.165, 1.54) is 28.9 Å². The van der Waals surface area contributed by atoms with Crippen LogP contribution in [0.25, 0.3) is 0 Å². The maximum atomic E-state index is 12.2. The summed E-state index contributed by atoms with van der Waals surface area (Å²) in [7, 11) is 1.58. The summed E-state index contributed by atoms with van der Waals surface area (Å²) in [5.74, 6) is -0.160. The van der Waals surface area contributed by atoms with Gasteiger partial charge in [0.2, 0.25) is 11.8 Å². The molecule has 1 heterocycles. The molecule has 0 aromatic heterocycles. The van der Waals surface area contributed by atoms with Gasteiger partial charge in [0.05, 0.1) is 6.04 Å². The summed E-state index contributed by atoms with van der Waals surface area (Å²) < 4.78 is 0. The fraction of sp³-hybridized carbons (Fsp3) is 0.529. The van der Waals surface area contributed by atoms with Gasteiger partial charge in [0, 0.05) is 19.5 Å². The number of piperidine rings is 1. The summed E-state index contributed by atoms with van der Waals surface area (Å²) in [4.78, 5) is 25.1. The number of aryl methyl sites for hydroxylation is 1. The molecule has 2 atom stereocenters. The smallest absolute Gasteiger partial charge is 0.246 e. The number of nitrogens with zero attached hydrogens (tertiary/aromatic N) is 1. The highest BCUT2D eigenvalue weighted by molar-refractivity contribution is 6.00. The largest absolute Gasteiger partial charge is 0.299 e. The van der Waals surface area contributed by atoms with Gasteiger partial charge in [-0.1, -0.05) is 30.7 Å². The molecule has 1 aliphatic heterocycles. The van der Waals surface area contributed by atoms with Crippen LogP contribution in [0.5, 0.6) is 0 Å². The van der Waals surface area contributed by atoms with Crippen molar-refractivity contribution in [2.45, 2.75) is 50.6 Å². The third-order valence-corrected chi connectivity index (χ3v) is 4.67. The Labute approximate surface area is 125 Å². The number of carbonyl (C=O) groups excluding carboxylic acids is 2. The zero-order valence-corrected chi connectivity index (χ0v) is 12.5. The molecule has 2 amide bonds. The van der Waals surface area contributed by atoms with Gasteiger partial charge >= 0.3 is 0 Å². The van der Waals surface area contributed by atoms with Crippen molar-refractivity contribution in [3.8, 4) is 0 Å². The molecule has 3 rings (SSSR count). The van der Waals surface area contributed by atoms with Crippen LogP contribution in [0.15, 0.2) is 24.3 Å². The molecule has 4 nitrogen and oxygen atoms in total. The topological polar surface area (TPSA) is 49.4 Å². The highest BCUT2D eigenvalue weighted by Crippen LogP contribution is 2.29. The van der Waals surface area contributed by atoms with E-state index in [0.717, 1.165) is 12.8 Å². The molecule has 0 saturated carbocycles. The summed E-state index contributed by atoms with van der Waals surface area (Å²) in [6.07, 6.45) is 5.60. The van der Waals surface area contributed by atoms with Crippen molar-refractivity contribution < 1.29 is 9.59 Å². The van der Waals surface area contributed by atoms with Crippen LogP contribution in [-0.2, 0) is 16.0 Å². The number of nitrogens with one attached hydrogen (secondary N) is 1. The molecular formula is C17H22N2O2. The maximum Gasteiger partial charge on any atom is 0.246 e. The SMILES string of the molecule is CN1C(=O)CCC(NC2CCCCc3ccccc32)C1=O. The van der Waals surface area contributed by atoms with Gasteiger partial charge in [-0.25, -0.2) is 0 Å². The number of imide groups is 1. The number of fused-ring (bicyclic) bond motifs is 1. The molecule has 0 bridgehead atoms. The molecule has 1 aromatic carbocycles. The molecule has 2 aliphatic rings. The maximum absolute atomic E-state index is 12.2. The van der Waals surface area contributed by atoms with Crippen molar-refractivity contribution in [1.29, 1.82) is 0 Å². The number of hydrogen-bond acceptors (Lipinski definition) is 3. The van der Waals surface area contributed by atoms with E-state index in [1.807, 2.05) is 0 Å². The first-order valence-corrected chi connectivity index (χ1v) is 7.81. The highest BCUT2D eigenvalue weighted by Gasteiger charge is 2.33. The van der Waals surface area contributed by atoms with Crippen molar-refractivity contribution in [3.05, 3.63) is 35.4 Å². The lowest BCUT2D eigenvalue weighted by Gasteiger charge is -2.31. The van der Waals surface area contributed by atoms with Crippen LogP contribution in [0.3, 0.4) is 0 Å². The molecule has 112 valence electrons. The van der Waals surface area contributed by atoms with Crippen LogP contribution in [0.2, 0.25) is 0 Å². The van der Waals surface area contributed by atoms with Crippen molar-refractivity contribution in [2.24, 2.45) is 0 Å². The van der Waals surface area contributed by atoms with E-state index in [1.54, 1.807) is 7.05 Å². The van der Waals surface area contributed by atoms with Gasteiger partial charge in [-0.15, -0.1) is 0 Å². The minimum absolute atomic E-state index is 0.0701. The molecule has 4 heteroatoms. The molecule has 21 heavy (non-hydrogen) atoms. The number of likely N-dealkylation sites (N-methyl/N-ethyl adjacent to an activating group) is 1. The van der Waals surface area contributed by atoms with Gasteiger partial charge < -0.3 is 0 Å². The van der Waals surface area contributed by atoms with Crippen molar-refractivity contribution in [2.75, 3.05) is 7.05 Å². The predicted molar refractivity (Wildman–Crippen MR) is 80.7 cm³/mol. The van der Waals surface area contributed by atoms with E-state index < -0.39 is 0 Å².